The lowest BCUT2D eigenvalue weighted by molar-refractivity contribution is 1.24. The minimum atomic E-state index is 0.517. The topological polar surface area (TPSA) is 47.6 Å². The molecule has 0 unspecified atom stereocenters. The van der Waals surface area contributed by atoms with Crippen LogP contribution >= 0.6 is 0 Å². The molecule has 0 amide bonds. The molecular weight excluding hydrogens is 148 g/mol. The molecule has 1 radical (unpaired) electrons. The maximum atomic E-state index is 8.68. The molecule has 0 heterocycles. The standard InChI is InChI=1S/C10H7N2/c1-2-9-4-3-8(6-11)5-10(9)7-12/h3-5H,1-2H2. The first kappa shape index (κ1) is 8.30. The molecule has 0 fully saturated rings. The zero-order valence-corrected chi connectivity index (χ0v) is 6.54. The second kappa shape index (κ2) is 3.55. The third-order valence-corrected chi connectivity index (χ3v) is 1.63. The van der Waals surface area contributed by atoms with Crippen LogP contribution in [0, 0.1) is 29.6 Å². The van der Waals surface area contributed by atoms with Gasteiger partial charge in [0.1, 0.15) is 0 Å². The van der Waals surface area contributed by atoms with E-state index in [0.717, 1.165) is 5.56 Å². The molecule has 0 saturated heterocycles. The number of nitriles is 2. The van der Waals surface area contributed by atoms with E-state index in [4.69, 9.17) is 10.5 Å². The largest absolute Gasteiger partial charge is 0.192 e. The van der Waals surface area contributed by atoms with Crippen LogP contribution in [0.1, 0.15) is 16.7 Å². The van der Waals surface area contributed by atoms with Crippen LogP contribution in [0.5, 0.6) is 0 Å². The van der Waals surface area contributed by atoms with Gasteiger partial charge in [0.15, 0.2) is 0 Å². The number of hydrogen-bond acceptors (Lipinski definition) is 2. The Morgan fingerprint density at radius 1 is 1.25 bits per heavy atom. The van der Waals surface area contributed by atoms with Crippen molar-refractivity contribution >= 4 is 0 Å². The summed E-state index contributed by atoms with van der Waals surface area (Å²) in [5, 5.41) is 17.2. The molecule has 57 valence electrons. The summed E-state index contributed by atoms with van der Waals surface area (Å²) in [5.41, 5.74) is 1.95. The maximum Gasteiger partial charge on any atom is 0.0994 e. The van der Waals surface area contributed by atoms with E-state index >= 15 is 0 Å². The van der Waals surface area contributed by atoms with Crippen molar-refractivity contribution in [2.24, 2.45) is 0 Å². The van der Waals surface area contributed by atoms with Gasteiger partial charge in [-0.25, -0.2) is 0 Å². The van der Waals surface area contributed by atoms with Crippen molar-refractivity contribution in [3.05, 3.63) is 41.8 Å². The van der Waals surface area contributed by atoms with Gasteiger partial charge in [-0.3, -0.25) is 0 Å². The first-order valence-electron chi connectivity index (χ1n) is 3.54. The molecule has 0 bridgehead atoms. The molecule has 0 N–H and O–H groups in total. The second-order valence-electron chi connectivity index (χ2n) is 2.35. The smallest absolute Gasteiger partial charge is 0.0994 e. The monoisotopic (exact) mass is 155 g/mol. The molecule has 0 aliphatic carbocycles. The first-order chi connectivity index (χ1) is 5.81. The molecular formula is C10H7N2. The van der Waals surface area contributed by atoms with Crippen LogP contribution in [0.4, 0.5) is 0 Å². The molecule has 2 heteroatoms. The zero-order valence-electron chi connectivity index (χ0n) is 6.54. The van der Waals surface area contributed by atoms with Gasteiger partial charge >= 0.3 is 0 Å². The number of hydrogen-bond donors (Lipinski definition) is 0. The van der Waals surface area contributed by atoms with Gasteiger partial charge in [0.05, 0.1) is 23.3 Å². The van der Waals surface area contributed by atoms with Crippen molar-refractivity contribution in [2.75, 3.05) is 0 Å². The number of nitrogens with zero attached hydrogens (tertiary/aromatic N) is 2. The van der Waals surface area contributed by atoms with Gasteiger partial charge in [0, 0.05) is 0 Å². The quantitative estimate of drug-likeness (QED) is 0.620. The fourth-order valence-corrected chi connectivity index (χ4v) is 0.968. The summed E-state index contributed by atoms with van der Waals surface area (Å²) < 4.78 is 0. The fourth-order valence-electron chi connectivity index (χ4n) is 0.968. The molecule has 0 aromatic heterocycles. The van der Waals surface area contributed by atoms with Crippen LogP contribution in [0.25, 0.3) is 0 Å². The van der Waals surface area contributed by atoms with E-state index in [1.807, 2.05) is 12.1 Å². The van der Waals surface area contributed by atoms with Crippen LogP contribution < -0.4 is 0 Å². The van der Waals surface area contributed by atoms with Crippen molar-refractivity contribution in [2.45, 2.75) is 6.42 Å². The van der Waals surface area contributed by atoms with E-state index in [9.17, 15) is 0 Å². The van der Waals surface area contributed by atoms with E-state index in [1.165, 1.54) is 0 Å². The van der Waals surface area contributed by atoms with E-state index in [1.54, 1.807) is 18.2 Å². The van der Waals surface area contributed by atoms with E-state index in [-0.39, 0.29) is 0 Å². The summed E-state index contributed by atoms with van der Waals surface area (Å²) in [6, 6.07) is 9.06. The highest BCUT2D eigenvalue weighted by Gasteiger charge is 2.00. The summed E-state index contributed by atoms with van der Waals surface area (Å²) in [4.78, 5) is 0. The van der Waals surface area contributed by atoms with Gasteiger partial charge in [0.25, 0.3) is 0 Å². The van der Waals surface area contributed by atoms with Crippen LogP contribution in [-0.2, 0) is 6.42 Å². The highest BCUT2D eigenvalue weighted by Crippen LogP contribution is 2.10. The Morgan fingerprint density at radius 2 is 2.00 bits per heavy atom. The third-order valence-electron chi connectivity index (χ3n) is 1.63. The van der Waals surface area contributed by atoms with Gasteiger partial charge in [-0.2, -0.15) is 10.5 Å². The minimum absolute atomic E-state index is 0.517. The predicted octanol–water partition coefficient (Wildman–Crippen LogP) is 1.81. The molecule has 0 atom stereocenters. The lowest BCUT2D eigenvalue weighted by atomic mass is 10.0. The summed E-state index contributed by atoms with van der Waals surface area (Å²) >= 11 is 0. The van der Waals surface area contributed by atoms with Gasteiger partial charge in [-0.05, 0) is 31.0 Å². The molecule has 1 rings (SSSR count). The van der Waals surface area contributed by atoms with Crippen molar-refractivity contribution < 1.29 is 0 Å². The first-order valence-corrected chi connectivity index (χ1v) is 3.54. The Kier molecular flexibility index (Phi) is 2.46. The van der Waals surface area contributed by atoms with Gasteiger partial charge in [0.2, 0.25) is 0 Å². The minimum Gasteiger partial charge on any atom is -0.192 e. The zero-order chi connectivity index (χ0) is 8.97. The Morgan fingerprint density at radius 3 is 2.50 bits per heavy atom. The summed E-state index contributed by atoms with van der Waals surface area (Å²) in [6.07, 6.45) is 0.578. The Hall–Kier alpha value is -1.80. The molecule has 0 saturated carbocycles. The summed E-state index contributed by atoms with van der Waals surface area (Å²) in [5.74, 6) is 0. The second-order valence-corrected chi connectivity index (χ2v) is 2.35. The Labute approximate surface area is 71.7 Å². The highest BCUT2D eigenvalue weighted by atomic mass is 14.3. The lowest BCUT2D eigenvalue weighted by Gasteiger charge is -1.98. The summed E-state index contributed by atoms with van der Waals surface area (Å²) in [6.45, 7) is 3.69. The van der Waals surface area contributed by atoms with Crippen LogP contribution in [0.3, 0.4) is 0 Å². The third kappa shape index (κ3) is 1.44. The van der Waals surface area contributed by atoms with Gasteiger partial charge < -0.3 is 0 Å². The van der Waals surface area contributed by atoms with Crippen molar-refractivity contribution in [1.82, 2.24) is 0 Å². The van der Waals surface area contributed by atoms with Gasteiger partial charge in [-0.15, -0.1) is 0 Å². The number of benzene rings is 1. The molecule has 1 aromatic carbocycles. The Bertz CT molecular complexity index is 366. The van der Waals surface area contributed by atoms with E-state index in [2.05, 4.69) is 6.92 Å². The van der Waals surface area contributed by atoms with Crippen molar-refractivity contribution in [1.29, 1.82) is 10.5 Å². The average Bonchev–Trinajstić information content (AvgIpc) is 2.16. The normalized spacial score (nSPS) is 8.58. The van der Waals surface area contributed by atoms with Crippen molar-refractivity contribution in [3.8, 4) is 12.1 Å². The maximum absolute atomic E-state index is 8.68. The predicted molar refractivity (Wildman–Crippen MR) is 44.9 cm³/mol. The molecule has 1 aromatic rings. The molecule has 2 nitrogen and oxygen atoms in total. The average molecular weight is 155 g/mol. The van der Waals surface area contributed by atoms with E-state index < -0.39 is 0 Å². The fraction of sp³-hybridized carbons (Fsp3) is 0.100. The number of rotatable bonds is 1. The molecule has 12 heavy (non-hydrogen) atoms. The van der Waals surface area contributed by atoms with Crippen LogP contribution in [-0.4, -0.2) is 0 Å². The van der Waals surface area contributed by atoms with E-state index in [0.29, 0.717) is 17.5 Å². The lowest BCUT2D eigenvalue weighted by Crippen LogP contribution is -1.88. The summed E-state index contributed by atoms with van der Waals surface area (Å²) in [7, 11) is 0. The molecule has 0 aliphatic heterocycles. The SMILES string of the molecule is [CH2]Cc1ccc(C#N)cc1C#N. The van der Waals surface area contributed by atoms with Gasteiger partial charge in [-0.1, -0.05) is 6.07 Å². The Balaban J connectivity index is 3.24. The van der Waals surface area contributed by atoms with Crippen molar-refractivity contribution in [3.63, 3.8) is 0 Å². The van der Waals surface area contributed by atoms with Crippen LogP contribution in [0.2, 0.25) is 0 Å². The highest BCUT2D eigenvalue weighted by molar-refractivity contribution is 5.44. The van der Waals surface area contributed by atoms with Crippen LogP contribution in [0.15, 0.2) is 18.2 Å². The molecule has 0 spiro atoms. The molecule has 0 aliphatic rings.